The molecule has 160 valence electrons. The topological polar surface area (TPSA) is 53.1 Å². The van der Waals surface area contributed by atoms with Crippen LogP contribution in [0.1, 0.15) is 36.8 Å². The lowest BCUT2D eigenvalue weighted by Crippen LogP contribution is -2.30. The molecule has 0 radical (unpaired) electrons. The first kappa shape index (κ1) is 20.0. The molecule has 5 nitrogen and oxygen atoms in total. The molecule has 4 heterocycles. The quantitative estimate of drug-likeness (QED) is 0.404. The van der Waals surface area contributed by atoms with E-state index in [1.165, 1.54) is 16.7 Å². The van der Waals surface area contributed by atoms with E-state index in [1.54, 1.807) is 0 Å². The molecule has 0 amide bonds. The lowest BCUT2D eigenvalue weighted by molar-refractivity contribution is 0.0161. The Bertz CT molecular complexity index is 1210. The van der Waals surface area contributed by atoms with Gasteiger partial charge in [0.2, 0.25) is 0 Å². The molecule has 0 aliphatic carbocycles. The molecule has 5 rings (SSSR count). The van der Waals surface area contributed by atoms with E-state index < -0.39 is 0 Å². The van der Waals surface area contributed by atoms with Crippen molar-refractivity contribution in [3.05, 3.63) is 59.7 Å². The van der Waals surface area contributed by atoms with Crippen LogP contribution in [-0.4, -0.2) is 27.9 Å². The molecule has 0 unspecified atom stereocenters. The third-order valence-corrected chi connectivity index (χ3v) is 6.65. The van der Waals surface area contributed by atoms with Crippen molar-refractivity contribution in [2.45, 2.75) is 47.1 Å². The molecule has 31 heavy (non-hydrogen) atoms. The average Bonchev–Trinajstić information content (AvgIpc) is 3.28. The second-order valence-electron chi connectivity index (χ2n) is 9.25. The summed E-state index contributed by atoms with van der Waals surface area (Å²) in [5.74, 6) is 0.826. The highest BCUT2D eigenvalue weighted by atomic mass is 16.5. The number of nitrogens with zero attached hydrogens (tertiary/aromatic N) is 3. The van der Waals surface area contributed by atoms with Gasteiger partial charge >= 0.3 is 0 Å². The van der Waals surface area contributed by atoms with Crippen LogP contribution >= 0.6 is 0 Å². The van der Waals surface area contributed by atoms with Crippen LogP contribution < -0.4 is 0 Å². The summed E-state index contributed by atoms with van der Waals surface area (Å²) >= 11 is 0. The number of fused-ring (bicyclic) bond motifs is 1. The third kappa shape index (κ3) is 3.68. The Balaban J connectivity index is 1.67. The second-order valence-corrected chi connectivity index (χ2v) is 9.25. The van der Waals surface area contributed by atoms with Gasteiger partial charge in [0.25, 0.3) is 0 Å². The summed E-state index contributed by atoms with van der Waals surface area (Å²) in [5.41, 5.74) is 9.03. The number of ether oxygens (including phenoxy) is 1. The summed E-state index contributed by atoms with van der Waals surface area (Å²) < 4.78 is 13.4. The maximum Gasteiger partial charge on any atom is 0.141 e. The van der Waals surface area contributed by atoms with Crippen molar-refractivity contribution >= 4 is 11.0 Å². The van der Waals surface area contributed by atoms with E-state index in [9.17, 15) is 0 Å². The summed E-state index contributed by atoms with van der Waals surface area (Å²) in [5, 5.41) is 4.14. The lowest BCUT2D eigenvalue weighted by atomic mass is 9.82. The molecule has 4 aromatic rings. The number of rotatable bonds is 4. The minimum Gasteiger partial charge on any atom is -0.381 e. The van der Waals surface area contributed by atoms with Crippen molar-refractivity contribution in [2.75, 3.05) is 13.2 Å². The Morgan fingerprint density at radius 3 is 2.45 bits per heavy atom. The molecule has 1 aliphatic heterocycles. The molecule has 5 heteroatoms. The first-order valence-electron chi connectivity index (χ1n) is 11.0. The molecule has 0 spiro atoms. The molecule has 0 N–H and O–H groups in total. The second kappa shape index (κ2) is 7.65. The molecule has 0 saturated carbocycles. The zero-order chi connectivity index (χ0) is 21.6. The zero-order valence-electron chi connectivity index (χ0n) is 18.7. The fourth-order valence-electron chi connectivity index (χ4n) is 4.71. The van der Waals surface area contributed by atoms with Crippen molar-refractivity contribution in [2.24, 2.45) is 5.41 Å². The van der Waals surface area contributed by atoms with Gasteiger partial charge in [0.15, 0.2) is 0 Å². The van der Waals surface area contributed by atoms with Gasteiger partial charge in [-0.25, -0.2) is 0 Å². The predicted octanol–water partition coefficient (Wildman–Crippen LogP) is 6.10. The van der Waals surface area contributed by atoms with E-state index in [0.29, 0.717) is 0 Å². The lowest BCUT2D eigenvalue weighted by Gasteiger charge is -2.34. The molecule has 1 fully saturated rings. The van der Waals surface area contributed by atoms with Gasteiger partial charge in [-0.1, -0.05) is 41.9 Å². The minimum absolute atomic E-state index is 0.216. The highest BCUT2D eigenvalue weighted by molar-refractivity contribution is 5.95. The van der Waals surface area contributed by atoms with Gasteiger partial charge in [-0.3, -0.25) is 4.98 Å². The van der Waals surface area contributed by atoms with Crippen molar-refractivity contribution in [3.8, 4) is 22.3 Å². The van der Waals surface area contributed by atoms with Crippen molar-refractivity contribution in [3.63, 3.8) is 0 Å². The van der Waals surface area contributed by atoms with E-state index in [-0.39, 0.29) is 5.41 Å². The number of hydrogen-bond donors (Lipinski definition) is 0. The van der Waals surface area contributed by atoms with Gasteiger partial charge in [0.05, 0.1) is 16.7 Å². The minimum atomic E-state index is 0.216. The summed E-state index contributed by atoms with van der Waals surface area (Å²) in [7, 11) is 0. The Hall–Kier alpha value is -2.92. The molecule has 1 aromatic carbocycles. The van der Waals surface area contributed by atoms with Gasteiger partial charge in [-0.05, 0) is 50.7 Å². The van der Waals surface area contributed by atoms with Gasteiger partial charge in [0, 0.05) is 48.8 Å². The Labute approximate surface area is 183 Å². The molecule has 0 atom stereocenters. The largest absolute Gasteiger partial charge is 0.381 e. The fraction of sp³-hybridized carbons (Fsp3) is 0.385. The third-order valence-electron chi connectivity index (χ3n) is 6.65. The van der Waals surface area contributed by atoms with E-state index >= 15 is 0 Å². The number of aryl methyl sites for hydroxylation is 3. The summed E-state index contributed by atoms with van der Waals surface area (Å²) in [6.45, 7) is 11.1. The molecule has 1 aliphatic rings. The van der Waals surface area contributed by atoms with Gasteiger partial charge < -0.3 is 13.8 Å². The number of hydrogen-bond acceptors (Lipinski definition) is 4. The molecule has 1 saturated heterocycles. The smallest absolute Gasteiger partial charge is 0.141 e. The number of pyridine rings is 1. The summed E-state index contributed by atoms with van der Waals surface area (Å²) in [6.07, 6.45) is 6.38. The molecular weight excluding hydrogens is 386 g/mol. The first-order valence-corrected chi connectivity index (χ1v) is 11.0. The van der Waals surface area contributed by atoms with E-state index in [4.69, 9.17) is 14.2 Å². The Morgan fingerprint density at radius 1 is 1.03 bits per heavy atom. The highest BCUT2D eigenvalue weighted by Gasteiger charge is 2.29. The molecule has 3 aromatic heterocycles. The monoisotopic (exact) mass is 415 g/mol. The van der Waals surface area contributed by atoms with Crippen LogP contribution in [0.25, 0.3) is 33.3 Å². The molecular formula is C26H29N3O2. The summed E-state index contributed by atoms with van der Waals surface area (Å²) in [6, 6.07) is 10.9. The fourth-order valence-corrected chi connectivity index (χ4v) is 4.71. The van der Waals surface area contributed by atoms with Crippen molar-refractivity contribution < 1.29 is 9.26 Å². The van der Waals surface area contributed by atoms with Gasteiger partial charge in [-0.2, -0.15) is 0 Å². The highest BCUT2D eigenvalue weighted by Crippen LogP contribution is 2.37. The van der Waals surface area contributed by atoms with Crippen LogP contribution in [0.4, 0.5) is 0 Å². The van der Waals surface area contributed by atoms with Crippen LogP contribution in [-0.2, 0) is 11.3 Å². The van der Waals surface area contributed by atoms with Crippen LogP contribution in [0.2, 0.25) is 0 Å². The Kier molecular flexibility index (Phi) is 4.94. The van der Waals surface area contributed by atoms with E-state index in [0.717, 1.165) is 66.2 Å². The van der Waals surface area contributed by atoms with Crippen molar-refractivity contribution in [1.82, 2.24) is 14.7 Å². The number of aromatic nitrogens is 3. The zero-order valence-corrected chi connectivity index (χ0v) is 18.7. The van der Waals surface area contributed by atoms with Crippen LogP contribution in [0.15, 0.2) is 47.2 Å². The maximum atomic E-state index is 5.63. The number of benzene rings is 1. The van der Waals surface area contributed by atoms with Crippen LogP contribution in [0.3, 0.4) is 0 Å². The SMILES string of the molecule is Cc1ccc(-c2cn(CC3(C)CCOCC3)c3cc(-c4c(C)noc4C)cnc23)cc1. The maximum absolute atomic E-state index is 5.63. The standard InChI is InChI=1S/C26H29N3O2/c1-17-5-7-20(8-6-17)22-15-29(16-26(4)9-11-30-12-10-26)23-13-21(14-27-25(22)23)24-18(2)28-31-19(24)3/h5-8,13-15H,9-12,16H2,1-4H3. The van der Waals surface area contributed by atoms with Crippen molar-refractivity contribution in [1.29, 1.82) is 0 Å². The van der Waals surface area contributed by atoms with Crippen LogP contribution in [0.5, 0.6) is 0 Å². The Morgan fingerprint density at radius 2 is 1.77 bits per heavy atom. The van der Waals surface area contributed by atoms with E-state index in [1.807, 2.05) is 20.0 Å². The normalized spacial score (nSPS) is 16.1. The predicted molar refractivity (Wildman–Crippen MR) is 123 cm³/mol. The average molecular weight is 416 g/mol. The van der Waals surface area contributed by atoms with Gasteiger partial charge in [0.1, 0.15) is 5.76 Å². The van der Waals surface area contributed by atoms with E-state index in [2.05, 4.69) is 60.1 Å². The van der Waals surface area contributed by atoms with Crippen LogP contribution in [0, 0.1) is 26.2 Å². The summed E-state index contributed by atoms with van der Waals surface area (Å²) in [4.78, 5) is 4.94. The first-order chi connectivity index (χ1) is 14.9. The van der Waals surface area contributed by atoms with Gasteiger partial charge in [-0.15, -0.1) is 0 Å². The molecule has 0 bridgehead atoms.